The molecule has 80 valence electrons. The van der Waals surface area contributed by atoms with Crippen molar-refractivity contribution in [2.75, 3.05) is 0 Å². The Hall–Kier alpha value is -0.990. The van der Waals surface area contributed by atoms with E-state index in [0.717, 1.165) is 25.7 Å². The van der Waals surface area contributed by atoms with E-state index in [1.165, 1.54) is 0 Å². The van der Waals surface area contributed by atoms with Crippen LogP contribution in [0.15, 0.2) is 0 Å². The van der Waals surface area contributed by atoms with E-state index < -0.39 is 0 Å². The third-order valence-corrected chi connectivity index (χ3v) is 2.01. The molecule has 0 aromatic rings. The van der Waals surface area contributed by atoms with Crippen LogP contribution < -0.4 is 0 Å². The molecule has 0 aliphatic carbocycles. The number of hydrogen-bond donors (Lipinski definition) is 0. The molecule has 3 heteroatoms. The Kier molecular flexibility index (Phi) is 7.99. The zero-order valence-electron chi connectivity index (χ0n) is 8.75. The fraction of sp³-hybridized carbons (Fsp3) is 0.727. The summed E-state index contributed by atoms with van der Waals surface area (Å²) in [6.45, 7) is 2.11. The zero-order chi connectivity index (χ0) is 10.8. The zero-order valence-corrected chi connectivity index (χ0v) is 8.75. The molecule has 0 fully saturated rings. The van der Waals surface area contributed by atoms with Crippen LogP contribution in [0.5, 0.6) is 0 Å². The molecule has 0 heterocycles. The third kappa shape index (κ3) is 7.65. The second-order valence-corrected chi connectivity index (χ2v) is 3.44. The molecule has 0 atom stereocenters. The number of carbonyl (C=O) groups excluding carboxylic acids is 3. The van der Waals surface area contributed by atoms with Gasteiger partial charge in [-0.15, -0.1) is 0 Å². The van der Waals surface area contributed by atoms with Gasteiger partial charge in [-0.2, -0.15) is 0 Å². The van der Waals surface area contributed by atoms with E-state index in [1.807, 2.05) is 0 Å². The van der Waals surface area contributed by atoms with Crippen LogP contribution in [0.1, 0.15) is 51.9 Å². The summed E-state index contributed by atoms with van der Waals surface area (Å²) in [6.07, 6.45) is 5.02. The highest BCUT2D eigenvalue weighted by Crippen LogP contribution is 2.04. The van der Waals surface area contributed by atoms with Crippen LogP contribution in [0.3, 0.4) is 0 Å². The van der Waals surface area contributed by atoms with Gasteiger partial charge in [-0.05, 0) is 6.42 Å². The third-order valence-electron chi connectivity index (χ3n) is 2.01. The lowest BCUT2D eigenvalue weighted by atomic mass is 10.1. The molecule has 0 aromatic heterocycles. The van der Waals surface area contributed by atoms with Crippen molar-refractivity contribution in [3.05, 3.63) is 0 Å². The van der Waals surface area contributed by atoms with E-state index in [2.05, 4.69) is 6.92 Å². The Balaban J connectivity index is 3.45. The van der Waals surface area contributed by atoms with Gasteiger partial charge in [-0.1, -0.05) is 26.2 Å². The van der Waals surface area contributed by atoms with Crippen molar-refractivity contribution in [3.8, 4) is 0 Å². The molecule has 0 saturated heterocycles. The quantitative estimate of drug-likeness (QED) is 0.324. The number of aldehydes is 1. The molecule has 14 heavy (non-hydrogen) atoms. The minimum absolute atomic E-state index is 0.0343. The maximum Gasteiger partial charge on any atom is 0.147 e. The molecule has 0 rings (SSSR count). The smallest absolute Gasteiger partial charge is 0.147 e. The standard InChI is InChI=1S/C11H18O3/c1-2-3-4-5-6-10(13)9-11(14)7-8-12/h8H,2-7,9H2,1H3. The maximum atomic E-state index is 11.2. The summed E-state index contributed by atoms with van der Waals surface area (Å²) in [4.78, 5) is 32.0. The van der Waals surface area contributed by atoms with Crippen LogP contribution in [0.25, 0.3) is 0 Å². The monoisotopic (exact) mass is 198 g/mol. The van der Waals surface area contributed by atoms with Crippen LogP contribution in [-0.4, -0.2) is 17.9 Å². The number of rotatable bonds is 9. The first-order valence-electron chi connectivity index (χ1n) is 5.17. The summed E-state index contributed by atoms with van der Waals surface area (Å²) in [6, 6.07) is 0. The summed E-state index contributed by atoms with van der Waals surface area (Å²) < 4.78 is 0. The molecular formula is C11H18O3. The highest BCUT2D eigenvalue weighted by atomic mass is 16.2. The summed E-state index contributed by atoms with van der Waals surface area (Å²) in [5, 5.41) is 0. The molecule has 3 nitrogen and oxygen atoms in total. The fourth-order valence-electron chi connectivity index (χ4n) is 1.22. The van der Waals surface area contributed by atoms with Gasteiger partial charge in [0, 0.05) is 6.42 Å². The van der Waals surface area contributed by atoms with Crippen molar-refractivity contribution >= 4 is 17.9 Å². The van der Waals surface area contributed by atoms with E-state index in [9.17, 15) is 14.4 Å². The minimum atomic E-state index is -0.263. The topological polar surface area (TPSA) is 51.2 Å². The highest BCUT2D eigenvalue weighted by Gasteiger charge is 2.08. The number of carbonyl (C=O) groups is 3. The summed E-state index contributed by atoms with van der Waals surface area (Å²) in [7, 11) is 0. The van der Waals surface area contributed by atoms with Crippen molar-refractivity contribution in [3.63, 3.8) is 0 Å². The van der Waals surface area contributed by atoms with E-state index in [4.69, 9.17) is 0 Å². The molecule has 0 bridgehead atoms. The number of ketones is 2. The van der Waals surface area contributed by atoms with Crippen molar-refractivity contribution in [2.45, 2.75) is 51.9 Å². The predicted molar refractivity (Wildman–Crippen MR) is 54.1 cm³/mol. The number of unbranched alkanes of at least 4 members (excludes halogenated alkanes) is 3. The predicted octanol–water partition coefficient (Wildman–Crippen LogP) is 2.07. The summed E-state index contributed by atoms with van der Waals surface area (Å²) in [5.74, 6) is -0.298. The van der Waals surface area contributed by atoms with Crippen molar-refractivity contribution < 1.29 is 14.4 Å². The first-order chi connectivity index (χ1) is 6.70. The Labute approximate surface area is 84.9 Å². The lowest BCUT2D eigenvalue weighted by Gasteiger charge is -1.98. The lowest BCUT2D eigenvalue weighted by molar-refractivity contribution is -0.127. The second-order valence-electron chi connectivity index (χ2n) is 3.44. The molecular weight excluding hydrogens is 180 g/mol. The van der Waals surface area contributed by atoms with Crippen molar-refractivity contribution in [1.29, 1.82) is 0 Å². The van der Waals surface area contributed by atoms with E-state index >= 15 is 0 Å². The molecule has 0 spiro atoms. The molecule has 0 amide bonds. The molecule has 0 aliphatic rings. The first-order valence-corrected chi connectivity index (χ1v) is 5.17. The molecule has 0 radical (unpaired) electrons. The number of Topliss-reactive ketones (excluding diaryl/α,β-unsaturated/α-hetero) is 2. The van der Waals surface area contributed by atoms with Gasteiger partial charge in [-0.25, -0.2) is 0 Å². The molecule has 0 unspecified atom stereocenters. The van der Waals surface area contributed by atoms with Gasteiger partial charge < -0.3 is 4.79 Å². The van der Waals surface area contributed by atoms with Gasteiger partial charge in [0.2, 0.25) is 0 Å². The van der Waals surface area contributed by atoms with Crippen molar-refractivity contribution in [2.24, 2.45) is 0 Å². The highest BCUT2D eigenvalue weighted by molar-refractivity contribution is 6.03. The Morgan fingerprint density at radius 3 is 2.36 bits per heavy atom. The fourth-order valence-corrected chi connectivity index (χ4v) is 1.22. The van der Waals surface area contributed by atoms with Gasteiger partial charge in [0.25, 0.3) is 0 Å². The molecule has 0 saturated carbocycles. The second kappa shape index (κ2) is 8.60. The normalized spacial score (nSPS) is 9.79. The Morgan fingerprint density at radius 1 is 1.07 bits per heavy atom. The SMILES string of the molecule is CCCCCCC(=O)CC(=O)CC=O. The molecule has 0 N–H and O–H groups in total. The van der Waals surface area contributed by atoms with E-state index in [1.54, 1.807) is 0 Å². The first kappa shape index (κ1) is 13.0. The lowest BCUT2D eigenvalue weighted by Crippen LogP contribution is -2.07. The van der Waals surface area contributed by atoms with Crippen molar-refractivity contribution in [1.82, 2.24) is 0 Å². The largest absolute Gasteiger partial charge is 0.303 e. The molecule has 0 aliphatic heterocycles. The van der Waals surface area contributed by atoms with Gasteiger partial charge in [-0.3, -0.25) is 9.59 Å². The Morgan fingerprint density at radius 2 is 1.79 bits per heavy atom. The average molecular weight is 198 g/mol. The van der Waals surface area contributed by atoms with Gasteiger partial charge in [0.05, 0.1) is 12.8 Å². The summed E-state index contributed by atoms with van der Waals surface area (Å²) >= 11 is 0. The number of hydrogen-bond acceptors (Lipinski definition) is 3. The minimum Gasteiger partial charge on any atom is -0.303 e. The molecule has 0 aromatic carbocycles. The van der Waals surface area contributed by atoms with E-state index in [0.29, 0.717) is 12.7 Å². The van der Waals surface area contributed by atoms with Crippen LogP contribution in [0.4, 0.5) is 0 Å². The van der Waals surface area contributed by atoms with Crippen LogP contribution in [-0.2, 0) is 14.4 Å². The van der Waals surface area contributed by atoms with E-state index in [-0.39, 0.29) is 24.4 Å². The van der Waals surface area contributed by atoms with Gasteiger partial charge in [0.15, 0.2) is 0 Å². The van der Waals surface area contributed by atoms with Gasteiger partial charge >= 0.3 is 0 Å². The van der Waals surface area contributed by atoms with Crippen LogP contribution in [0.2, 0.25) is 0 Å². The Bertz CT molecular complexity index is 197. The van der Waals surface area contributed by atoms with Gasteiger partial charge in [0.1, 0.15) is 17.9 Å². The average Bonchev–Trinajstić information content (AvgIpc) is 2.13. The van der Waals surface area contributed by atoms with Crippen LogP contribution >= 0.6 is 0 Å². The van der Waals surface area contributed by atoms with Crippen LogP contribution in [0, 0.1) is 0 Å². The summed E-state index contributed by atoms with van der Waals surface area (Å²) in [5.41, 5.74) is 0. The maximum absolute atomic E-state index is 11.2.